The predicted molar refractivity (Wildman–Crippen MR) is 73.1 cm³/mol. The molecular formula is C14H17ClN2O. The van der Waals surface area contributed by atoms with E-state index in [9.17, 15) is 0 Å². The van der Waals surface area contributed by atoms with Crippen molar-refractivity contribution in [1.82, 2.24) is 9.78 Å². The number of hydrogen-bond donors (Lipinski definition) is 0. The fourth-order valence-electron chi connectivity index (χ4n) is 1.62. The Labute approximate surface area is 112 Å². The van der Waals surface area contributed by atoms with Gasteiger partial charge in [0.2, 0.25) is 0 Å². The first-order valence-corrected chi connectivity index (χ1v) is 6.36. The van der Waals surface area contributed by atoms with Gasteiger partial charge in [0.1, 0.15) is 12.4 Å². The van der Waals surface area contributed by atoms with Gasteiger partial charge in [-0.05, 0) is 38.5 Å². The maximum atomic E-state index is 6.11. The molecule has 0 amide bonds. The van der Waals surface area contributed by atoms with E-state index in [2.05, 4.69) is 18.9 Å². The molecular weight excluding hydrogens is 248 g/mol. The molecule has 1 aromatic heterocycles. The monoisotopic (exact) mass is 264 g/mol. The standard InChI is InChI=1S/C14H17ClN2O/c1-10(2)17-8-12(7-16-17)9-18-14-5-4-11(3)6-13(14)15/h4-8,10H,9H2,1-3H3. The average Bonchev–Trinajstić information content (AvgIpc) is 2.76. The SMILES string of the molecule is Cc1ccc(OCc2cnn(C(C)C)c2)c(Cl)c1. The maximum absolute atomic E-state index is 6.11. The summed E-state index contributed by atoms with van der Waals surface area (Å²) in [7, 11) is 0. The molecule has 0 N–H and O–H groups in total. The minimum atomic E-state index is 0.363. The van der Waals surface area contributed by atoms with E-state index in [1.165, 1.54) is 0 Å². The molecule has 1 aromatic carbocycles. The number of hydrogen-bond acceptors (Lipinski definition) is 2. The lowest BCUT2D eigenvalue weighted by atomic mass is 10.2. The van der Waals surface area contributed by atoms with Crippen molar-refractivity contribution in [3.05, 3.63) is 46.7 Å². The molecule has 4 heteroatoms. The van der Waals surface area contributed by atoms with Crippen LogP contribution in [-0.2, 0) is 6.61 Å². The molecule has 0 aliphatic heterocycles. The molecule has 0 atom stereocenters. The van der Waals surface area contributed by atoms with Gasteiger partial charge < -0.3 is 4.74 Å². The van der Waals surface area contributed by atoms with Crippen molar-refractivity contribution >= 4 is 11.6 Å². The Bertz CT molecular complexity index is 534. The second-order valence-corrected chi connectivity index (χ2v) is 5.05. The first kappa shape index (κ1) is 13.0. The van der Waals surface area contributed by atoms with Gasteiger partial charge in [0.25, 0.3) is 0 Å². The summed E-state index contributed by atoms with van der Waals surface area (Å²) in [5, 5.41) is 4.91. The molecule has 2 rings (SSSR count). The maximum Gasteiger partial charge on any atom is 0.138 e. The Kier molecular flexibility index (Phi) is 3.92. The minimum absolute atomic E-state index is 0.363. The fourth-order valence-corrected chi connectivity index (χ4v) is 1.91. The molecule has 3 nitrogen and oxygen atoms in total. The first-order valence-electron chi connectivity index (χ1n) is 5.98. The summed E-state index contributed by atoms with van der Waals surface area (Å²) in [6.07, 6.45) is 3.81. The van der Waals surface area contributed by atoms with Gasteiger partial charge in [0.05, 0.1) is 11.2 Å². The van der Waals surface area contributed by atoms with Crippen LogP contribution >= 0.6 is 11.6 Å². The number of halogens is 1. The second-order valence-electron chi connectivity index (χ2n) is 4.64. The Hall–Kier alpha value is -1.48. The van der Waals surface area contributed by atoms with Crippen molar-refractivity contribution < 1.29 is 4.74 Å². The van der Waals surface area contributed by atoms with Crippen LogP contribution in [0.4, 0.5) is 0 Å². The molecule has 0 saturated heterocycles. The number of aromatic nitrogens is 2. The molecule has 0 saturated carbocycles. The zero-order valence-corrected chi connectivity index (χ0v) is 11.6. The van der Waals surface area contributed by atoms with Crippen molar-refractivity contribution in [3.8, 4) is 5.75 Å². The molecule has 18 heavy (non-hydrogen) atoms. The lowest BCUT2D eigenvalue weighted by Gasteiger charge is -2.07. The van der Waals surface area contributed by atoms with Crippen molar-refractivity contribution in [1.29, 1.82) is 0 Å². The number of rotatable bonds is 4. The van der Waals surface area contributed by atoms with E-state index in [-0.39, 0.29) is 0 Å². The van der Waals surface area contributed by atoms with Crippen molar-refractivity contribution in [2.24, 2.45) is 0 Å². The normalized spacial score (nSPS) is 10.9. The van der Waals surface area contributed by atoms with Crippen LogP contribution in [0.25, 0.3) is 0 Å². The lowest BCUT2D eigenvalue weighted by Crippen LogP contribution is -2.00. The molecule has 0 fully saturated rings. The van der Waals surface area contributed by atoms with Crippen LogP contribution in [0.3, 0.4) is 0 Å². The minimum Gasteiger partial charge on any atom is -0.487 e. The number of nitrogens with zero attached hydrogens (tertiary/aromatic N) is 2. The topological polar surface area (TPSA) is 27.1 Å². The lowest BCUT2D eigenvalue weighted by molar-refractivity contribution is 0.306. The van der Waals surface area contributed by atoms with E-state index in [1.54, 1.807) is 0 Å². The summed E-state index contributed by atoms with van der Waals surface area (Å²) >= 11 is 6.11. The Balaban J connectivity index is 2.02. The van der Waals surface area contributed by atoms with Crippen LogP contribution in [0.2, 0.25) is 5.02 Å². The van der Waals surface area contributed by atoms with Gasteiger partial charge >= 0.3 is 0 Å². The summed E-state index contributed by atoms with van der Waals surface area (Å²) < 4.78 is 7.60. The van der Waals surface area contributed by atoms with Gasteiger partial charge in [-0.3, -0.25) is 4.68 Å². The molecule has 0 radical (unpaired) electrons. The molecule has 0 spiro atoms. The molecule has 0 aliphatic rings. The van der Waals surface area contributed by atoms with Crippen LogP contribution < -0.4 is 4.74 Å². The van der Waals surface area contributed by atoms with Gasteiger partial charge in [-0.1, -0.05) is 17.7 Å². The van der Waals surface area contributed by atoms with E-state index < -0.39 is 0 Å². The average molecular weight is 265 g/mol. The van der Waals surface area contributed by atoms with E-state index in [4.69, 9.17) is 16.3 Å². The quantitative estimate of drug-likeness (QED) is 0.834. The Morgan fingerprint density at radius 3 is 2.78 bits per heavy atom. The second kappa shape index (κ2) is 5.44. The van der Waals surface area contributed by atoms with E-state index in [1.807, 2.05) is 42.2 Å². The zero-order chi connectivity index (χ0) is 13.1. The Morgan fingerprint density at radius 1 is 1.39 bits per heavy atom. The smallest absolute Gasteiger partial charge is 0.138 e. The molecule has 1 heterocycles. The molecule has 0 aliphatic carbocycles. The number of aryl methyl sites for hydroxylation is 1. The van der Waals surface area contributed by atoms with Crippen LogP contribution in [0.5, 0.6) is 5.75 Å². The third kappa shape index (κ3) is 3.05. The summed E-state index contributed by atoms with van der Waals surface area (Å²) in [5.74, 6) is 0.708. The third-order valence-electron chi connectivity index (χ3n) is 2.67. The van der Waals surface area contributed by atoms with Crippen molar-refractivity contribution in [2.75, 3.05) is 0 Å². The van der Waals surface area contributed by atoms with Gasteiger partial charge in [0, 0.05) is 17.8 Å². The van der Waals surface area contributed by atoms with Crippen LogP contribution in [0, 0.1) is 6.92 Å². The molecule has 2 aromatic rings. The van der Waals surface area contributed by atoms with Gasteiger partial charge in [-0.2, -0.15) is 5.10 Å². The summed E-state index contributed by atoms with van der Waals surface area (Å²) in [5.41, 5.74) is 2.17. The van der Waals surface area contributed by atoms with Gasteiger partial charge in [0.15, 0.2) is 0 Å². The largest absolute Gasteiger partial charge is 0.487 e. The van der Waals surface area contributed by atoms with Crippen molar-refractivity contribution in [3.63, 3.8) is 0 Å². The first-order chi connectivity index (χ1) is 8.56. The highest BCUT2D eigenvalue weighted by molar-refractivity contribution is 6.32. The highest BCUT2D eigenvalue weighted by atomic mass is 35.5. The fraction of sp³-hybridized carbons (Fsp3) is 0.357. The molecule has 0 bridgehead atoms. The molecule has 96 valence electrons. The van der Waals surface area contributed by atoms with E-state index >= 15 is 0 Å². The highest BCUT2D eigenvalue weighted by Gasteiger charge is 2.05. The highest BCUT2D eigenvalue weighted by Crippen LogP contribution is 2.25. The Morgan fingerprint density at radius 2 is 2.17 bits per heavy atom. The third-order valence-corrected chi connectivity index (χ3v) is 2.96. The predicted octanol–water partition coefficient (Wildman–Crippen LogP) is 4.00. The molecule has 0 unspecified atom stereocenters. The van der Waals surface area contributed by atoms with Gasteiger partial charge in [-0.15, -0.1) is 0 Å². The van der Waals surface area contributed by atoms with Crippen molar-refractivity contribution in [2.45, 2.75) is 33.4 Å². The zero-order valence-electron chi connectivity index (χ0n) is 10.9. The number of benzene rings is 1. The summed E-state index contributed by atoms with van der Waals surface area (Å²) in [4.78, 5) is 0. The van der Waals surface area contributed by atoms with E-state index in [0.717, 1.165) is 11.1 Å². The van der Waals surface area contributed by atoms with E-state index in [0.29, 0.717) is 23.4 Å². The van der Waals surface area contributed by atoms with Crippen LogP contribution in [0.15, 0.2) is 30.6 Å². The van der Waals surface area contributed by atoms with Gasteiger partial charge in [-0.25, -0.2) is 0 Å². The van der Waals surface area contributed by atoms with Crippen LogP contribution in [0.1, 0.15) is 31.0 Å². The summed E-state index contributed by atoms with van der Waals surface area (Å²) in [6.45, 7) is 6.67. The van der Waals surface area contributed by atoms with Crippen LogP contribution in [-0.4, -0.2) is 9.78 Å². The number of ether oxygens (including phenoxy) is 1. The summed E-state index contributed by atoms with van der Waals surface area (Å²) in [6, 6.07) is 6.14.